The van der Waals surface area contributed by atoms with Crippen LogP contribution >= 0.6 is 11.6 Å². The average molecular weight is 248 g/mol. The molecule has 17 heavy (non-hydrogen) atoms. The Hall–Kier alpha value is -1.51. The molecule has 2 nitrogen and oxygen atoms in total. The lowest BCUT2D eigenvalue weighted by Gasteiger charge is -2.10. The number of rotatable bonds is 3. The van der Waals surface area contributed by atoms with E-state index in [4.69, 9.17) is 22.1 Å². The number of benzene rings is 2. The van der Waals surface area contributed by atoms with E-state index in [9.17, 15) is 0 Å². The molecule has 0 aliphatic carbocycles. The summed E-state index contributed by atoms with van der Waals surface area (Å²) in [4.78, 5) is 0. The predicted molar refractivity (Wildman–Crippen MR) is 70.6 cm³/mol. The Kier molecular flexibility index (Phi) is 3.67. The quantitative estimate of drug-likeness (QED) is 0.884. The molecule has 0 amide bonds. The molecule has 0 heterocycles. The van der Waals surface area contributed by atoms with Crippen LogP contribution in [-0.4, -0.2) is 0 Å². The van der Waals surface area contributed by atoms with Crippen LogP contribution in [-0.2, 0) is 0 Å². The minimum absolute atomic E-state index is 0.0294. The van der Waals surface area contributed by atoms with Crippen molar-refractivity contribution in [2.45, 2.75) is 13.0 Å². The van der Waals surface area contributed by atoms with E-state index < -0.39 is 0 Å². The third-order valence-electron chi connectivity index (χ3n) is 2.45. The standard InChI is InChI=1S/C14H14ClNO/c1-10(16)11-7-8-14(13(15)9-11)17-12-5-3-2-4-6-12/h2-10H,16H2,1H3. The van der Waals surface area contributed by atoms with Crippen LogP contribution in [0, 0.1) is 0 Å². The number of nitrogens with two attached hydrogens (primary N) is 1. The number of hydrogen-bond acceptors (Lipinski definition) is 2. The topological polar surface area (TPSA) is 35.2 Å². The van der Waals surface area contributed by atoms with Crippen LogP contribution in [0.2, 0.25) is 5.02 Å². The average Bonchev–Trinajstić information content (AvgIpc) is 2.33. The highest BCUT2D eigenvalue weighted by Gasteiger charge is 2.06. The summed E-state index contributed by atoms with van der Waals surface area (Å²) in [7, 11) is 0. The van der Waals surface area contributed by atoms with Crippen molar-refractivity contribution in [3.8, 4) is 11.5 Å². The number of para-hydroxylation sites is 1. The lowest BCUT2D eigenvalue weighted by molar-refractivity contribution is 0.482. The van der Waals surface area contributed by atoms with Crippen molar-refractivity contribution in [3.05, 3.63) is 59.1 Å². The summed E-state index contributed by atoms with van der Waals surface area (Å²) in [5.74, 6) is 1.41. The molecule has 0 saturated carbocycles. The van der Waals surface area contributed by atoms with Crippen molar-refractivity contribution in [1.82, 2.24) is 0 Å². The maximum atomic E-state index is 6.14. The second-order valence-corrected chi connectivity index (χ2v) is 4.30. The summed E-state index contributed by atoms with van der Waals surface area (Å²) < 4.78 is 5.67. The van der Waals surface area contributed by atoms with E-state index in [-0.39, 0.29) is 6.04 Å². The van der Waals surface area contributed by atoms with Gasteiger partial charge in [-0.05, 0) is 36.8 Å². The van der Waals surface area contributed by atoms with E-state index in [0.717, 1.165) is 11.3 Å². The van der Waals surface area contributed by atoms with Crippen LogP contribution in [0.15, 0.2) is 48.5 Å². The van der Waals surface area contributed by atoms with Gasteiger partial charge in [-0.2, -0.15) is 0 Å². The summed E-state index contributed by atoms with van der Waals surface area (Å²) >= 11 is 6.14. The molecule has 0 aromatic heterocycles. The van der Waals surface area contributed by atoms with Crippen molar-refractivity contribution in [1.29, 1.82) is 0 Å². The van der Waals surface area contributed by atoms with E-state index >= 15 is 0 Å². The van der Waals surface area contributed by atoms with E-state index in [1.165, 1.54) is 0 Å². The Morgan fingerprint density at radius 3 is 2.41 bits per heavy atom. The van der Waals surface area contributed by atoms with E-state index in [2.05, 4.69) is 0 Å². The van der Waals surface area contributed by atoms with Crippen molar-refractivity contribution in [2.24, 2.45) is 5.73 Å². The maximum absolute atomic E-state index is 6.14. The Morgan fingerprint density at radius 1 is 1.12 bits per heavy atom. The zero-order valence-electron chi connectivity index (χ0n) is 9.56. The van der Waals surface area contributed by atoms with Gasteiger partial charge in [0.05, 0.1) is 5.02 Å². The minimum atomic E-state index is -0.0294. The first-order chi connectivity index (χ1) is 8.16. The van der Waals surface area contributed by atoms with Crippen LogP contribution in [0.5, 0.6) is 11.5 Å². The van der Waals surface area contributed by atoms with Gasteiger partial charge in [0.2, 0.25) is 0 Å². The molecule has 0 aliphatic rings. The Morgan fingerprint density at radius 2 is 1.82 bits per heavy atom. The smallest absolute Gasteiger partial charge is 0.146 e. The third kappa shape index (κ3) is 2.99. The number of hydrogen-bond donors (Lipinski definition) is 1. The fraction of sp³-hybridized carbons (Fsp3) is 0.143. The Bertz CT molecular complexity index is 497. The van der Waals surface area contributed by atoms with Gasteiger partial charge in [0.15, 0.2) is 0 Å². The van der Waals surface area contributed by atoms with Crippen molar-refractivity contribution >= 4 is 11.6 Å². The van der Waals surface area contributed by atoms with Gasteiger partial charge >= 0.3 is 0 Å². The van der Waals surface area contributed by atoms with E-state index in [0.29, 0.717) is 10.8 Å². The molecule has 2 N–H and O–H groups in total. The van der Waals surface area contributed by atoms with E-state index in [1.54, 1.807) is 0 Å². The monoisotopic (exact) mass is 247 g/mol. The molecule has 0 radical (unpaired) electrons. The van der Waals surface area contributed by atoms with Crippen molar-refractivity contribution < 1.29 is 4.74 Å². The van der Waals surface area contributed by atoms with Crippen LogP contribution in [0.4, 0.5) is 0 Å². The molecule has 2 aromatic carbocycles. The van der Waals surface area contributed by atoms with Gasteiger partial charge in [-0.1, -0.05) is 35.9 Å². The fourth-order valence-corrected chi connectivity index (χ4v) is 1.73. The molecule has 88 valence electrons. The molecule has 1 unspecified atom stereocenters. The predicted octanol–water partition coefficient (Wildman–Crippen LogP) is 4.15. The molecule has 0 spiro atoms. The summed E-state index contributed by atoms with van der Waals surface area (Å²) in [6.45, 7) is 1.92. The molecule has 0 aliphatic heterocycles. The zero-order valence-corrected chi connectivity index (χ0v) is 10.3. The first-order valence-corrected chi connectivity index (χ1v) is 5.82. The van der Waals surface area contributed by atoms with Crippen LogP contribution in [0.3, 0.4) is 0 Å². The SMILES string of the molecule is CC(N)c1ccc(Oc2ccccc2)c(Cl)c1. The molecule has 3 heteroatoms. The molecular formula is C14H14ClNO. The van der Waals surface area contributed by atoms with E-state index in [1.807, 2.05) is 55.5 Å². The fourth-order valence-electron chi connectivity index (χ4n) is 1.50. The second kappa shape index (κ2) is 5.21. The van der Waals surface area contributed by atoms with Gasteiger partial charge in [-0.3, -0.25) is 0 Å². The highest BCUT2D eigenvalue weighted by molar-refractivity contribution is 6.32. The van der Waals surface area contributed by atoms with Gasteiger partial charge in [0.1, 0.15) is 11.5 Å². The van der Waals surface area contributed by atoms with Gasteiger partial charge in [-0.25, -0.2) is 0 Å². The van der Waals surface area contributed by atoms with Gasteiger partial charge in [0, 0.05) is 6.04 Å². The summed E-state index contributed by atoms with van der Waals surface area (Å²) in [6.07, 6.45) is 0. The largest absolute Gasteiger partial charge is 0.456 e. The molecule has 2 aromatic rings. The molecular weight excluding hydrogens is 234 g/mol. The van der Waals surface area contributed by atoms with Crippen LogP contribution < -0.4 is 10.5 Å². The Balaban J connectivity index is 2.23. The first kappa shape index (κ1) is 12.0. The lowest BCUT2D eigenvalue weighted by Crippen LogP contribution is -2.04. The molecule has 0 fully saturated rings. The molecule has 0 saturated heterocycles. The molecule has 1 atom stereocenters. The summed E-state index contributed by atoms with van der Waals surface area (Å²) in [5.41, 5.74) is 6.78. The molecule has 0 bridgehead atoms. The Labute approximate surface area is 106 Å². The summed E-state index contributed by atoms with van der Waals surface area (Å²) in [6, 6.07) is 15.1. The number of halogens is 1. The van der Waals surface area contributed by atoms with Crippen molar-refractivity contribution in [3.63, 3.8) is 0 Å². The van der Waals surface area contributed by atoms with Crippen LogP contribution in [0.25, 0.3) is 0 Å². The molecule has 2 rings (SSSR count). The third-order valence-corrected chi connectivity index (χ3v) is 2.75. The van der Waals surface area contributed by atoms with Crippen LogP contribution in [0.1, 0.15) is 18.5 Å². The zero-order chi connectivity index (χ0) is 12.3. The van der Waals surface area contributed by atoms with Gasteiger partial charge in [0.25, 0.3) is 0 Å². The van der Waals surface area contributed by atoms with Crippen molar-refractivity contribution in [2.75, 3.05) is 0 Å². The summed E-state index contributed by atoms with van der Waals surface area (Å²) in [5, 5.41) is 0.573. The second-order valence-electron chi connectivity index (χ2n) is 3.89. The van der Waals surface area contributed by atoms with Gasteiger partial charge in [-0.15, -0.1) is 0 Å². The first-order valence-electron chi connectivity index (χ1n) is 5.45. The highest BCUT2D eigenvalue weighted by Crippen LogP contribution is 2.31. The highest BCUT2D eigenvalue weighted by atomic mass is 35.5. The normalized spacial score (nSPS) is 12.2. The maximum Gasteiger partial charge on any atom is 0.146 e. The minimum Gasteiger partial charge on any atom is -0.456 e. The lowest BCUT2D eigenvalue weighted by atomic mass is 10.1. The van der Waals surface area contributed by atoms with Gasteiger partial charge < -0.3 is 10.5 Å². The number of ether oxygens (including phenoxy) is 1.